The van der Waals surface area contributed by atoms with E-state index in [0.29, 0.717) is 21.5 Å². The summed E-state index contributed by atoms with van der Waals surface area (Å²) in [6.45, 7) is 0. The first kappa shape index (κ1) is 19.4. The van der Waals surface area contributed by atoms with Crippen molar-refractivity contribution in [3.63, 3.8) is 0 Å². The monoisotopic (exact) mass is 400 g/mol. The Labute approximate surface area is 158 Å². The Morgan fingerprint density at radius 3 is 2.64 bits per heavy atom. The van der Waals surface area contributed by atoms with Gasteiger partial charge in [-0.1, -0.05) is 29.3 Å². The number of rotatable bonds is 7. The van der Waals surface area contributed by atoms with Crippen LogP contribution in [0.3, 0.4) is 0 Å². The van der Waals surface area contributed by atoms with Crippen molar-refractivity contribution in [1.29, 1.82) is 0 Å². The predicted molar refractivity (Wildman–Crippen MR) is 101 cm³/mol. The van der Waals surface area contributed by atoms with Crippen molar-refractivity contribution in [2.45, 2.75) is 5.75 Å². The first-order valence-corrected chi connectivity index (χ1v) is 8.95. The summed E-state index contributed by atoms with van der Waals surface area (Å²) in [4.78, 5) is 22.3. The lowest BCUT2D eigenvalue weighted by atomic mass is 10.2. The minimum Gasteiger partial charge on any atom is -0.494 e. The topological polar surface area (TPSA) is 81.5 Å². The van der Waals surface area contributed by atoms with Gasteiger partial charge in [0.25, 0.3) is 5.69 Å². The average molecular weight is 401 g/mol. The molecule has 0 aliphatic carbocycles. The summed E-state index contributed by atoms with van der Waals surface area (Å²) in [5.41, 5.74) is 1.23. The maximum absolute atomic E-state index is 12.0. The van der Waals surface area contributed by atoms with Crippen LogP contribution in [0.2, 0.25) is 10.0 Å². The Hall–Kier alpha value is -1.96. The van der Waals surface area contributed by atoms with E-state index in [1.807, 2.05) is 6.07 Å². The molecule has 0 aliphatic rings. The Bertz CT molecular complexity index is 802. The van der Waals surface area contributed by atoms with E-state index >= 15 is 0 Å². The lowest BCUT2D eigenvalue weighted by molar-refractivity contribution is -0.384. The number of nitrogens with one attached hydrogen (secondary N) is 1. The molecule has 0 aromatic heterocycles. The Morgan fingerprint density at radius 2 is 2.00 bits per heavy atom. The Kier molecular flexibility index (Phi) is 6.92. The second-order valence-corrected chi connectivity index (χ2v) is 6.73. The number of non-ortho nitro benzene ring substituents is 1. The van der Waals surface area contributed by atoms with Gasteiger partial charge in [-0.2, -0.15) is 0 Å². The van der Waals surface area contributed by atoms with Gasteiger partial charge in [-0.25, -0.2) is 0 Å². The lowest BCUT2D eigenvalue weighted by Crippen LogP contribution is -2.15. The maximum Gasteiger partial charge on any atom is 0.273 e. The first-order valence-electron chi connectivity index (χ1n) is 7.04. The van der Waals surface area contributed by atoms with Crippen LogP contribution in [-0.2, 0) is 10.5 Å². The number of carbonyl (C=O) groups excluding carboxylic acids is 1. The zero-order valence-electron chi connectivity index (χ0n) is 13.1. The van der Waals surface area contributed by atoms with Crippen LogP contribution in [0.15, 0.2) is 36.4 Å². The minimum absolute atomic E-state index is 0.108. The summed E-state index contributed by atoms with van der Waals surface area (Å²) in [6.07, 6.45) is 0. The molecule has 2 aromatic rings. The number of nitro benzene ring substituents is 1. The molecule has 0 unspecified atom stereocenters. The van der Waals surface area contributed by atoms with Gasteiger partial charge in [-0.05, 0) is 23.8 Å². The highest BCUT2D eigenvalue weighted by Crippen LogP contribution is 2.29. The highest BCUT2D eigenvalue weighted by atomic mass is 35.5. The molecule has 0 fully saturated rings. The molecule has 0 spiro atoms. The number of thioether (sulfide) groups is 1. The predicted octanol–water partition coefficient (Wildman–Crippen LogP) is 4.78. The van der Waals surface area contributed by atoms with Gasteiger partial charge in [0.1, 0.15) is 5.75 Å². The van der Waals surface area contributed by atoms with Crippen molar-refractivity contribution in [2.24, 2.45) is 0 Å². The van der Waals surface area contributed by atoms with Crippen molar-refractivity contribution in [1.82, 2.24) is 0 Å². The Morgan fingerprint density at radius 1 is 1.24 bits per heavy atom. The van der Waals surface area contributed by atoms with Crippen LogP contribution in [0.5, 0.6) is 5.75 Å². The van der Waals surface area contributed by atoms with Crippen LogP contribution in [0.4, 0.5) is 11.4 Å². The molecule has 1 N–H and O–H groups in total. The number of carbonyl (C=O) groups is 1. The first-order chi connectivity index (χ1) is 11.9. The second kappa shape index (κ2) is 8.94. The number of ether oxygens (including phenoxy) is 1. The van der Waals surface area contributed by atoms with Gasteiger partial charge < -0.3 is 10.1 Å². The third-order valence-electron chi connectivity index (χ3n) is 3.16. The number of amides is 1. The van der Waals surface area contributed by atoms with Gasteiger partial charge in [-0.3, -0.25) is 14.9 Å². The number of nitro groups is 1. The molecule has 0 radical (unpaired) electrons. The molecule has 0 bridgehead atoms. The molecular formula is C16H14Cl2N2O4S. The molecular weight excluding hydrogens is 387 g/mol. The van der Waals surface area contributed by atoms with Gasteiger partial charge in [-0.15, -0.1) is 11.8 Å². The molecule has 9 heteroatoms. The third kappa shape index (κ3) is 5.52. The summed E-state index contributed by atoms with van der Waals surface area (Å²) in [5, 5.41) is 14.4. The SMILES string of the molecule is COc1cc([N+](=O)[O-])ccc1NC(=O)CSCc1ccc(Cl)c(Cl)c1. The summed E-state index contributed by atoms with van der Waals surface area (Å²) >= 11 is 13.2. The van der Waals surface area contributed by atoms with Crippen molar-refractivity contribution in [3.8, 4) is 5.75 Å². The minimum atomic E-state index is -0.527. The number of halogens is 2. The summed E-state index contributed by atoms with van der Waals surface area (Å²) < 4.78 is 5.08. The molecule has 25 heavy (non-hydrogen) atoms. The Balaban J connectivity index is 1.91. The maximum atomic E-state index is 12.0. The summed E-state index contributed by atoms with van der Waals surface area (Å²) in [7, 11) is 1.38. The van der Waals surface area contributed by atoms with Crippen LogP contribution in [0.25, 0.3) is 0 Å². The van der Waals surface area contributed by atoms with Gasteiger partial charge >= 0.3 is 0 Å². The summed E-state index contributed by atoms with van der Waals surface area (Å²) in [6, 6.07) is 9.33. The van der Waals surface area contributed by atoms with E-state index in [4.69, 9.17) is 27.9 Å². The number of benzene rings is 2. The number of anilines is 1. The van der Waals surface area contributed by atoms with E-state index in [0.717, 1.165) is 5.56 Å². The molecule has 0 atom stereocenters. The smallest absolute Gasteiger partial charge is 0.273 e. The standard InChI is InChI=1S/C16H14Cl2N2O4S/c1-24-15-7-11(20(22)23)3-5-14(15)19-16(21)9-25-8-10-2-4-12(17)13(18)6-10/h2-7H,8-9H2,1H3,(H,19,21). The fourth-order valence-corrected chi connectivity index (χ4v) is 3.07. The van der Waals surface area contributed by atoms with E-state index in [1.54, 1.807) is 12.1 Å². The molecule has 2 aromatic carbocycles. The fourth-order valence-electron chi connectivity index (χ4n) is 1.97. The van der Waals surface area contributed by atoms with Crippen molar-refractivity contribution in [3.05, 3.63) is 62.1 Å². The van der Waals surface area contributed by atoms with Crippen LogP contribution >= 0.6 is 35.0 Å². The van der Waals surface area contributed by atoms with Gasteiger partial charge in [0.15, 0.2) is 0 Å². The van der Waals surface area contributed by atoms with Crippen LogP contribution in [-0.4, -0.2) is 23.7 Å². The number of hydrogen-bond acceptors (Lipinski definition) is 5. The van der Waals surface area contributed by atoms with Crippen molar-refractivity contribution in [2.75, 3.05) is 18.2 Å². The molecule has 0 heterocycles. The van der Waals surface area contributed by atoms with Crippen LogP contribution in [0, 0.1) is 10.1 Å². The summed E-state index contributed by atoms with van der Waals surface area (Å²) in [5.74, 6) is 0.802. The molecule has 1 amide bonds. The lowest BCUT2D eigenvalue weighted by Gasteiger charge is -2.10. The average Bonchev–Trinajstić information content (AvgIpc) is 2.58. The highest BCUT2D eigenvalue weighted by molar-refractivity contribution is 7.99. The molecule has 0 aliphatic heterocycles. The molecule has 6 nitrogen and oxygen atoms in total. The van der Waals surface area contributed by atoms with Gasteiger partial charge in [0.2, 0.25) is 5.91 Å². The number of nitrogens with zero attached hydrogens (tertiary/aromatic N) is 1. The van der Waals surface area contributed by atoms with Crippen LogP contribution < -0.4 is 10.1 Å². The number of methoxy groups -OCH3 is 1. The highest BCUT2D eigenvalue weighted by Gasteiger charge is 2.13. The van der Waals surface area contributed by atoms with Crippen molar-refractivity contribution >= 4 is 52.2 Å². The normalized spacial score (nSPS) is 10.4. The zero-order valence-corrected chi connectivity index (χ0v) is 15.5. The van der Waals surface area contributed by atoms with E-state index in [9.17, 15) is 14.9 Å². The second-order valence-electron chi connectivity index (χ2n) is 4.93. The molecule has 0 saturated heterocycles. The fraction of sp³-hybridized carbons (Fsp3) is 0.188. The molecule has 0 saturated carbocycles. The van der Waals surface area contributed by atoms with E-state index in [2.05, 4.69) is 5.32 Å². The quantitative estimate of drug-likeness (QED) is 0.533. The van der Waals surface area contributed by atoms with Gasteiger partial charge in [0.05, 0.1) is 39.6 Å². The zero-order chi connectivity index (χ0) is 18.4. The molecule has 2 rings (SSSR count). The van der Waals surface area contributed by atoms with E-state index < -0.39 is 4.92 Å². The van der Waals surface area contributed by atoms with Gasteiger partial charge in [0, 0.05) is 11.8 Å². The number of hydrogen-bond donors (Lipinski definition) is 1. The third-order valence-corrected chi connectivity index (χ3v) is 4.90. The van der Waals surface area contributed by atoms with E-state index in [1.165, 1.54) is 37.1 Å². The largest absolute Gasteiger partial charge is 0.494 e. The molecule has 132 valence electrons. The van der Waals surface area contributed by atoms with Crippen molar-refractivity contribution < 1.29 is 14.5 Å². The van der Waals surface area contributed by atoms with Crippen LogP contribution in [0.1, 0.15) is 5.56 Å². The van der Waals surface area contributed by atoms with E-state index in [-0.39, 0.29) is 23.1 Å².